The number of aromatic nitrogens is 1. The zero-order chi connectivity index (χ0) is 16.4. The summed E-state index contributed by atoms with van der Waals surface area (Å²) in [5, 5.41) is 5.71. The number of carbonyl (C=O) groups excluding carboxylic acids is 2. The second-order valence-corrected chi connectivity index (χ2v) is 6.50. The lowest BCUT2D eigenvalue weighted by Crippen LogP contribution is -2.28. The third kappa shape index (κ3) is 3.34. The number of amides is 3. The fourth-order valence-electron chi connectivity index (χ4n) is 2.49. The lowest BCUT2D eigenvalue weighted by molar-refractivity contribution is 0.0936. The van der Waals surface area contributed by atoms with Gasteiger partial charge in [0.1, 0.15) is 5.69 Å². The molecule has 1 unspecified atom stereocenters. The highest BCUT2D eigenvalue weighted by molar-refractivity contribution is 7.05. The van der Waals surface area contributed by atoms with Crippen LogP contribution >= 0.6 is 11.5 Å². The van der Waals surface area contributed by atoms with Gasteiger partial charge in [0.25, 0.3) is 5.91 Å². The molecule has 6 nitrogen and oxygen atoms in total. The minimum atomic E-state index is -0.176. The SMILES string of the molecule is Cc1cc(C(=O)NC(C)c2ccc(N3CCNC3=O)cc2)ns1. The number of aryl methyl sites for hydroxylation is 1. The summed E-state index contributed by atoms with van der Waals surface area (Å²) < 4.78 is 4.12. The van der Waals surface area contributed by atoms with E-state index >= 15 is 0 Å². The van der Waals surface area contributed by atoms with Crippen LogP contribution < -0.4 is 15.5 Å². The maximum absolute atomic E-state index is 12.1. The lowest BCUT2D eigenvalue weighted by Gasteiger charge is -2.17. The number of anilines is 1. The first-order valence-electron chi connectivity index (χ1n) is 7.44. The number of carbonyl (C=O) groups is 2. The Hall–Kier alpha value is -2.41. The summed E-state index contributed by atoms with van der Waals surface area (Å²) in [5.41, 5.74) is 2.29. The predicted molar refractivity (Wildman–Crippen MR) is 89.9 cm³/mol. The van der Waals surface area contributed by atoms with E-state index in [1.165, 1.54) is 11.5 Å². The van der Waals surface area contributed by atoms with E-state index in [1.807, 2.05) is 38.1 Å². The molecular formula is C16H18N4O2S. The minimum Gasteiger partial charge on any atom is -0.344 e. The third-order valence-electron chi connectivity index (χ3n) is 3.77. The van der Waals surface area contributed by atoms with Crippen LogP contribution in [0.15, 0.2) is 30.3 Å². The molecule has 0 bridgehead atoms. The Labute approximate surface area is 138 Å². The second kappa shape index (κ2) is 6.37. The first-order valence-corrected chi connectivity index (χ1v) is 8.21. The molecule has 120 valence electrons. The first kappa shape index (κ1) is 15.5. The molecule has 1 aromatic heterocycles. The Morgan fingerprint density at radius 2 is 2.13 bits per heavy atom. The van der Waals surface area contributed by atoms with Crippen molar-refractivity contribution in [2.75, 3.05) is 18.0 Å². The molecule has 1 atom stereocenters. The molecular weight excluding hydrogens is 312 g/mol. The van der Waals surface area contributed by atoms with E-state index in [4.69, 9.17) is 0 Å². The van der Waals surface area contributed by atoms with Crippen LogP contribution in [0.25, 0.3) is 0 Å². The molecule has 0 radical (unpaired) electrons. The van der Waals surface area contributed by atoms with E-state index in [2.05, 4.69) is 15.0 Å². The van der Waals surface area contributed by atoms with Crippen LogP contribution in [0.4, 0.5) is 10.5 Å². The fraction of sp³-hybridized carbons (Fsp3) is 0.312. The van der Waals surface area contributed by atoms with Gasteiger partial charge in [-0.05, 0) is 49.1 Å². The highest BCUT2D eigenvalue weighted by Crippen LogP contribution is 2.21. The zero-order valence-electron chi connectivity index (χ0n) is 13.0. The molecule has 2 aromatic rings. The number of urea groups is 1. The van der Waals surface area contributed by atoms with Gasteiger partial charge in [-0.3, -0.25) is 9.69 Å². The summed E-state index contributed by atoms with van der Waals surface area (Å²) in [6, 6.07) is 9.23. The van der Waals surface area contributed by atoms with Crippen molar-refractivity contribution in [1.29, 1.82) is 0 Å². The van der Waals surface area contributed by atoms with Gasteiger partial charge in [0.2, 0.25) is 0 Å². The van der Waals surface area contributed by atoms with Crippen molar-refractivity contribution in [3.8, 4) is 0 Å². The number of hydrogen-bond acceptors (Lipinski definition) is 4. The van der Waals surface area contributed by atoms with E-state index in [9.17, 15) is 9.59 Å². The van der Waals surface area contributed by atoms with E-state index in [-0.39, 0.29) is 18.0 Å². The van der Waals surface area contributed by atoms with Gasteiger partial charge in [-0.15, -0.1) is 0 Å². The van der Waals surface area contributed by atoms with Crippen LogP contribution in [0.1, 0.15) is 33.9 Å². The first-order chi connectivity index (χ1) is 11.0. The van der Waals surface area contributed by atoms with E-state index in [1.54, 1.807) is 11.0 Å². The van der Waals surface area contributed by atoms with Crippen LogP contribution in [0.2, 0.25) is 0 Å². The molecule has 1 aliphatic heterocycles. The van der Waals surface area contributed by atoms with Crippen molar-refractivity contribution in [3.05, 3.63) is 46.5 Å². The summed E-state index contributed by atoms with van der Waals surface area (Å²) in [5.74, 6) is -0.176. The lowest BCUT2D eigenvalue weighted by atomic mass is 10.1. The summed E-state index contributed by atoms with van der Waals surface area (Å²) in [6.45, 7) is 5.19. The van der Waals surface area contributed by atoms with Crippen LogP contribution in [-0.2, 0) is 0 Å². The van der Waals surface area contributed by atoms with Gasteiger partial charge in [-0.25, -0.2) is 4.79 Å². The number of nitrogens with zero attached hydrogens (tertiary/aromatic N) is 2. The summed E-state index contributed by atoms with van der Waals surface area (Å²) in [6.07, 6.45) is 0. The van der Waals surface area contributed by atoms with E-state index in [0.717, 1.165) is 16.1 Å². The fourth-order valence-corrected chi connectivity index (χ4v) is 3.03. The maximum Gasteiger partial charge on any atom is 0.321 e. The molecule has 2 heterocycles. The number of hydrogen-bond donors (Lipinski definition) is 2. The van der Waals surface area contributed by atoms with Gasteiger partial charge in [0, 0.05) is 23.7 Å². The van der Waals surface area contributed by atoms with E-state index < -0.39 is 0 Å². The average molecular weight is 330 g/mol. The molecule has 0 aliphatic carbocycles. The highest BCUT2D eigenvalue weighted by Gasteiger charge is 2.21. The van der Waals surface area contributed by atoms with Crippen LogP contribution in [0, 0.1) is 6.92 Å². The molecule has 3 rings (SSSR count). The Kier molecular flexibility index (Phi) is 4.29. The van der Waals surface area contributed by atoms with Crippen molar-refractivity contribution < 1.29 is 9.59 Å². The molecule has 2 N–H and O–H groups in total. The van der Waals surface area contributed by atoms with Gasteiger partial charge in [0.05, 0.1) is 6.04 Å². The van der Waals surface area contributed by atoms with Gasteiger partial charge in [0.15, 0.2) is 0 Å². The molecule has 1 aromatic carbocycles. The number of rotatable bonds is 4. The molecule has 7 heteroatoms. The monoisotopic (exact) mass is 330 g/mol. The molecule has 3 amide bonds. The Balaban J connectivity index is 1.66. The minimum absolute atomic E-state index is 0.0713. The summed E-state index contributed by atoms with van der Waals surface area (Å²) in [7, 11) is 0. The maximum atomic E-state index is 12.1. The van der Waals surface area contributed by atoms with Gasteiger partial charge in [-0.1, -0.05) is 12.1 Å². The normalized spacial score (nSPS) is 15.4. The van der Waals surface area contributed by atoms with Crippen molar-refractivity contribution in [2.45, 2.75) is 19.9 Å². The standard InChI is InChI=1S/C16H18N4O2S/c1-10-9-14(19-23-10)15(21)18-11(2)12-3-5-13(6-4-12)20-8-7-17-16(20)22/h3-6,9,11H,7-8H2,1-2H3,(H,17,22)(H,18,21). The van der Waals surface area contributed by atoms with Gasteiger partial charge in [-0.2, -0.15) is 4.37 Å². The molecule has 0 spiro atoms. The average Bonchev–Trinajstić information content (AvgIpc) is 3.16. The van der Waals surface area contributed by atoms with E-state index in [0.29, 0.717) is 18.8 Å². The zero-order valence-corrected chi connectivity index (χ0v) is 13.8. The second-order valence-electron chi connectivity index (χ2n) is 5.49. The smallest absolute Gasteiger partial charge is 0.321 e. The van der Waals surface area contributed by atoms with Crippen molar-refractivity contribution in [3.63, 3.8) is 0 Å². The molecule has 1 fully saturated rings. The topological polar surface area (TPSA) is 74.3 Å². The van der Waals surface area contributed by atoms with Crippen LogP contribution in [0.3, 0.4) is 0 Å². The Bertz CT molecular complexity index is 726. The predicted octanol–water partition coefficient (Wildman–Crippen LogP) is 2.47. The van der Waals surface area contributed by atoms with Crippen LogP contribution in [0.5, 0.6) is 0 Å². The van der Waals surface area contributed by atoms with Gasteiger partial charge >= 0.3 is 6.03 Å². The Morgan fingerprint density at radius 1 is 1.39 bits per heavy atom. The van der Waals surface area contributed by atoms with Crippen molar-refractivity contribution in [1.82, 2.24) is 15.0 Å². The molecule has 0 saturated carbocycles. The highest BCUT2D eigenvalue weighted by atomic mass is 32.1. The molecule has 1 saturated heterocycles. The number of benzene rings is 1. The third-order valence-corrected chi connectivity index (χ3v) is 4.46. The van der Waals surface area contributed by atoms with Gasteiger partial charge < -0.3 is 10.6 Å². The molecule has 1 aliphatic rings. The largest absolute Gasteiger partial charge is 0.344 e. The summed E-state index contributed by atoms with van der Waals surface area (Å²) >= 11 is 1.32. The molecule has 23 heavy (non-hydrogen) atoms. The summed E-state index contributed by atoms with van der Waals surface area (Å²) in [4.78, 5) is 26.5. The quantitative estimate of drug-likeness (QED) is 0.904. The Morgan fingerprint density at radius 3 is 2.70 bits per heavy atom. The van der Waals surface area contributed by atoms with Crippen LogP contribution in [-0.4, -0.2) is 29.4 Å². The number of nitrogens with one attached hydrogen (secondary N) is 2. The van der Waals surface area contributed by atoms with Crippen molar-refractivity contribution in [2.24, 2.45) is 0 Å². The van der Waals surface area contributed by atoms with Crippen molar-refractivity contribution >= 4 is 29.2 Å².